The van der Waals surface area contributed by atoms with Crippen LogP contribution >= 0.6 is 11.6 Å². The van der Waals surface area contributed by atoms with E-state index in [-0.39, 0.29) is 17.7 Å². The number of hydrogen-bond donors (Lipinski definition) is 1. The molecule has 0 radical (unpaired) electrons. The first-order valence-corrected chi connectivity index (χ1v) is 7.57. The van der Waals surface area contributed by atoms with Gasteiger partial charge in [0.05, 0.1) is 5.69 Å². The molecular formula is C16H22ClNO3. The predicted octanol–water partition coefficient (Wildman–Crippen LogP) is 3.24. The Morgan fingerprint density at radius 1 is 1.33 bits per heavy atom. The van der Waals surface area contributed by atoms with Gasteiger partial charge in [-0.25, -0.2) is 4.79 Å². The van der Waals surface area contributed by atoms with Crippen molar-refractivity contribution in [3.63, 3.8) is 0 Å². The van der Waals surface area contributed by atoms with Gasteiger partial charge in [-0.15, -0.1) is 11.6 Å². The molecule has 21 heavy (non-hydrogen) atoms. The van der Waals surface area contributed by atoms with E-state index >= 15 is 0 Å². The van der Waals surface area contributed by atoms with Crippen molar-refractivity contribution in [2.45, 2.75) is 40.2 Å². The van der Waals surface area contributed by atoms with E-state index in [2.05, 4.69) is 0 Å². The van der Waals surface area contributed by atoms with Crippen LogP contribution in [0.2, 0.25) is 0 Å². The molecule has 1 atom stereocenters. The van der Waals surface area contributed by atoms with Gasteiger partial charge in [-0.05, 0) is 30.4 Å². The zero-order chi connectivity index (χ0) is 16.2. The summed E-state index contributed by atoms with van der Waals surface area (Å²) in [6.07, 6.45) is 0.716. The third kappa shape index (κ3) is 3.76. The Balaban J connectivity index is 3.52. The predicted molar refractivity (Wildman–Crippen MR) is 85.0 cm³/mol. The molecular weight excluding hydrogens is 290 g/mol. The number of anilines is 1. The first-order valence-electron chi connectivity index (χ1n) is 7.04. The zero-order valence-electron chi connectivity index (χ0n) is 12.9. The van der Waals surface area contributed by atoms with Crippen LogP contribution in [0, 0.1) is 12.8 Å². The van der Waals surface area contributed by atoms with Gasteiger partial charge >= 0.3 is 5.97 Å². The Kier molecular flexibility index (Phi) is 6.21. The standard InChI is InChI=1S/C16H22ClNO3/c1-5-12-8-6-7-11(4)15(12)18(13(19)9-17)14(10(2)3)16(20)21/h6-8,10,14H,5,9H2,1-4H3,(H,20,21). The average Bonchev–Trinajstić information content (AvgIpc) is 2.43. The number of carboxylic acid groups (broad SMARTS) is 1. The Bertz CT molecular complexity index is 528. The maximum absolute atomic E-state index is 12.3. The van der Waals surface area contributed by atoms with Crippen LogP contribution in [0.3, 0.4) is 0 Å². The van der Waals surface area contributed by atoms with Crippen molar-refractivity contribution in [3.05, 3.63) is 29.3 Å². The summed E-state index contributed by atoms with van der Waals surface area (Å²) < 4.78 is 0. The molecule has 1 rings (SSSR count). The number of benzene rings is 1. The molecule has 4 nitrogen and oxygen atoms in total. The number of aryl methyl sites for hydroxylation is 2. The van der Waals surface area contributed by atoms with E-state index in [0.717, 1.165) is 11.1 Å². The highest BCUT2D eigenvalue weighted by Crippen LogP contribution is 2.30. The average molecular weight is 312 g/mol. The van der Waals surface area contributed by atoms with Crippen LogP contribution in [-0.2, 0) is 16.0 Å². The molecule has 1 aromatic rings. The summed E-state index contributed by atoms with van der Waals surface area (Å²) >= 11 is 5.71. The smallest absolute Gasteiger partial charge is 0.327 e. The van der Waals surface area contributed by atoms with Gasteiger partial charge in [0.1, 0.15) is 11.9 Å². The largest absolute Gasteiger partial charge is 0.480 e. The van der Waals surface area contributed by atoms with Crippen molar-refractivity contribution in [1.82, 2.24) is 0 Å². The third-order valence-corrected chi connectivity index (χ3v) is 3.72. The summed E-state index contributed by atoms with van der Waals surface area (Å²) in [6, 6.07) is 4.77. The lowest BCUT2D eigenvalue weighted by Gasteiger charge is -2.33. The van der Waals surface area contributed by atoms with Gasteiger partial charge in [0.2, 0.25) is 5.91 Å². The molecule has 0 saturated heterocycles. The number of rotatable bonds is 6. The molecule has 0 spiro atoms. The first kappa shape index (κ1) is 17.5. The third-order valence-electron chi connectivity index (χ3n) is 3.49. The van der Waals surface area contributed by atoms with Gasteiger partial charge in [0.25, 0.3) is 0 Å². The van der Waals surface area contributed by atoms with Gasteiger partial charge in [-0.1, -0.05) is 39.0 Å². The summed E-state index contributed by atoms with van der Waals surface area (Å²) in [6.45, 7) is 7.43. The van der Waals surface area contributed by atoms with E-state index in [4.69, 9.17) is 11.6 Å². The molecule has 1 N–H and O–H groups in total. The lowest BCUT2D eigenvalue weighted by Crippen LogP contribution is -2.49. The fraction of sp³-hybridized carbons (Fsp3) is 0.500. The van der Waals surface area contributed by atoms with Crippen molar-refractivity contribution < 1.29 is 14.7 Å². The quantitative estimate of drug-likeness (QED) is 0.821. The molecule has 0 saturated carbocycles. The van der Waals surface area contributed by atoms with E-state index in [1.54, 1.807) is 13.8 Å². The molecule has 0 heterocycles. The topological polar surface area (TPSA) is 57.6 Å². The zero-order valence-corrected chi connectivity index (χ0v) is 13.6. The molecule has 0 aromatic heterocycles. The van der Waals surface area contributed by atoms with Crippen LogP contribution in [0.15, 0.2) is 18.2 Å². The molecule has 0 bridgehead atoms. The van der Waals surface area contributed by atoms with Crippen LogP contribution < -0.4 is 4.90 Å². The highest BCUT2D eigenvalue weighted by Gasteiger charge is 2.34. The minimum Gasteiger partial charge on any atom is -0.480 e. The Labute approximate surface area is 130 Å². The number of alkyl halides is 1. The second-order valence-corrected chi connectivity index (χ2v) is 5.63. The molecule has 1 aromatic carbocycles. The van der Waals surface area contributed by atoms with Crippen LogP contribution in [0.25, 0.3) is 0 Å². The van der Waals surface area contributed by atoms with Gasteiger partial charge in [0, 0.05) is 0 Å². The second kappa shape index (κ2) is 7.46. The number of carbonyl (C=O) groups excluding carboxylic acids is 1. The van der Waals surface area contributed by atoms with E-state index < -0.39 is 12.0 Å². The van der Waals surface area contributed by atoms with Crippen LogP contribution in [0.1, 0.15) is 31.9 Å². The Hall–Kier alpha value is -1.55. The van der Waals surface area contributed by atoms with Crippen LogP contribution in [0.4, 0.5) is 5.69 Å². The normalized spacial score (nSPS) is 12.3. The van der Waals surface area contributed by atoms with Gasteiger partial charge in [-0.2, -0.15) is 0 Å². The number of halogens is 1. The summed E-state index contributed by atoms with van der Waals surface area (Å²) in [4.78, 5) is 25.3. The molecule has 0 aliphatic heterocycles. The molecule has 5 heteroatoms. The molecule has 1 amide bonds. The lowest BCUT2D eigenvalue weighted by atomic mass is 9.97. The number of carbonyl (C=O) groups is 2. The van der Waals surface area contributed by atoms with E-state index in [9.17, 15) is 14.7 Å². The number of carboxylic acids is 1. The van der Waals surface area contributed by atoms with Crippen molar-refractivity contribution >= 4 is 29.2 Å². The summed E-state index contributed by atoms with van der Waals surface area (Å²) in [5, 5.41) is 9.54. The van der Waals surface area contributed by atoms with Crippen molar-refractivity contribution in [3.8, 4) is 0 Å². The number of aliphatic carboxylic acids is 1. The molecule has 116 valence electrons. The SMILES string of the molecule is CCc1cccc(C)c1N(C(=O)CCl)C(C(=O)O)C(C)C. The van der Waals surface area contributed by atoms with Crippen molar-refractivity contribution in [1.29, 1.82) is 0 Å². The lowest BCUT2D eigenvalue weighted by molar-refractivity contribution is -0.141. The number of hydrogen-bond acceptors (Lipinski definition) is 2. The summed E-state index contributed by atoms with van der Waals surface area (Å²) in [5.74, 6) is -1.87. The monoisotopic (exact) mass is 311 g/mol. The summed E-state index contributed by atoms with van der Waals surface area (Å²) in [5.41, 5.74) is 2.49. The van der Waals surface area contributed by atoms with Gasteiger partial charge < -0.3 is 5.11 Å². The van der Waals surface area contributed by atoms with E-state index in [0.29, 0.717) is 12.1 Å². The number of amides is 1. The number of para-hydroxylation sites is 1. The minimum absolute atomic E-state index is 0.223. The highest BCUT2D eigenvalue weighted by molar-refractivity contribution is 6.30. The molecule has 1 unspecified atom stereocenters. The number of nitrogens with zero attached hydrogens (tertiary/aromatic N) is 1. The van der Waals surface area contributed by atoms with Gasteiger partial charge in [0.15, 0.2) is 0 Å². The fourth-order valence-corrected chi connectivity index (χ4v) is 2.66. The van der Waals surface area contributed by atoms with E-state index in [1.807, 2.05) is 32.0 Å². The molecule has 0 aliphatic rings. The maximum atomic E-state index is 12.3. The van der Waals surface area contributed by atoms with Gasteiger partial charge in [-0.3, -0.25) is 9.69 Å². The van der Waals surface area contributed by atoms with E-state index in [1.165, 1.54) is 4.90 Å². The second-order valence-electron chi connectivity index (χ2n) is 5.36. The van der Waals surface area contributed by atoms with Crippen molar-refractivity contribution in [2.75, 3.05) is 10.8 Å². The molecule has 0 fully saturated rings. The van der Waals surface area contributed by atoms with Crippen LogP contribution in [0.5, 0.6) is 0 Å². The Morgan fingerprint density at radius 3 is 2.38 bits per heavy atom. The minimum atomic E-state index is -1.02. The summed E-state index contributed by atoms with van der Waals surface area (Å²) in [7, 11) is 0. The Morgan fingerprint density at radius 2 is 1.95 bits per heavy atom. The highest BCUT2D eigenvalue weighted by atomic mass is 35.5. The first-order chi connectivity index (χ1) is 9.84. The maximum Gasteiger partial charge on any atom is 0.327 e. The fourth-order valence-electron chi connectivity index (χ4n) is 2.53. The molecule has 0 aliphatic carbocycles. The van der Waals surface area contributed by atoms with Crippen molar-refractivity contribution in [2.24, 2.45) is 5.92 Å². The van der Waals surface area contributed by atoms with Crippen LogP contribution in [-0.4, -0.2) is 28.9 Å².